The predicted molar refractivity (Wildman–Crippen MR) is 147 cm³/mol. The van der Waals surface area contributed by atoms with Crippen LogP contribution in [0.15, 0.2) is 39.6 Å². The van der Waals surface area contributed by atoms with Crippen molar-refractivity contribution in [1.82, 2.24) is 0 Å². The molecule has 0 amide bonds. The fraction of sp³-hybridized carbons (Fsp3) is 0.786. The van der Waals surface area contributed by atoms with E-state index in [4.69, 9.17) is 13.9 Å². The first-order valence-electron chi connectivity index (χ1n) is 13.4. The van der Waals surface area contributed by atoms with Crippen LogP contribution < -0.4 is 0 Å². The number of aliphatic hydroxyl groups excluding tert-OH is 1. The Morgan fingerprint density at radius 1 is 1.17 bits per heavy atom. The molecule has 1 aromatic carbocycles. The van der Waals surface area contributed by atoms with Crippen molar-refractivity contribution < 1.29 is 23.2 Å². The summed E-state index contributed by atoms with van der Waals surface area (Å²) in [6.07, 6.45) is 1.61. The van der Waals surface area contributed by atoms with Crippen LogP contribution in [-0.2, 0) is 23.6 Å². The molecule has 1 saturated heterocycles. The SMILES string of the molecule is CN=S(=O)(CC(O)[C@@H]1[C@H]2CC3(C[C@H]2C[C@H]1O[Si](C)(C)C(C)(C)C)OCC(C)(C)CO3)c1ccccc1. The molecule has 1 N–H and O–H groups in total. The Hall–Kier alpha value is -0.773. The van der Waals surface area contributed by atoms with Crippen LogP contribution in [0.3, 0.4) is 0 Å². The summed E-state index contributed by atoms with van der Waals surface area (Å²) in [6.45, 7) is 17.0. The molecule has 1 heterocycles. The molecule has 2 unspecified atom stereocenters. The van der Waals surface area contributed by atoms with Crippen LogP contribution in [0.4, 0.5) is 0 Å². The molecule has 36 heavy (non-hydrogen) atoms. The molecule has 6 nitrogen and oxygen atoms in total. The molecule has 0 radical (unpaired) electrons. The van der Waals surface area contributed by atoms with E-state index in [0.29, 0.717) is 24.0 Å². The zero-order valence-corrected chi connectivity index (χ0v) is 25.3. The van der Waals surface area contributed by atoms with Crippen LogP contribution in [-0.4, -0.2) is 61.6 Å². The zero-order chi connectivity index (χ0) is 26.6. The van der Waals surface area contributed by atoms with Gasteiger partial charge in [-0.2, -0.15) is 0 Å². The molecule has 0 bridgehead atoms. The summed E-state index contributed by atoms with van der Waals surface area (Å²) in [6, 6.07) is 9.35. The lowest BCUT2D eigenvalue weighted by molar-refractivity contribution is -0.298. The smallest absolute Gasteiger partial charge is 0.192 e. The third-order valence-electron chi connectivity index (χ3n) is 9.14. The summed E-state index contributed by atoms with van der Waals surface area (Å²) in [4.78, 5) is 0.673. The second kappa shape index (κ2) is 9.76. The third kappa shape index (κ3) is 5.50. The Labute approximate surface area is 219 Å². The van der Waals surface area contributed by atoms with E-state index in [2.05, 4.69) is 52.1 Å². The molecule has 204 valence electrons. The highest BCUT2D eigenvalue weighted by atomic mass is 32.2. The van der Waals surface area contributed by atoms with Crippen molar-refractivity contribution in [2.45, 2.75) is 94.9 Å². The zero-order valence-electron chi connectivity index (χ0n) is 23.5. The molecule has 3 aliphatic rings. The van der Waals surface area contributed by atoms with E-state index in [9.17, 15) is 9.32 Å². The molecule has 1 aromatic rings. The number of nitrogens with zero attached hydrogens (tertiary/aromatic N) is 1. The molecular weight excluding hydrogens is 490 g/mol. The topological polar surface area (TPSA) is 77.4 Å². The number of hydrogen-bond donors (Lipinski definition) is 1. The lowest BCUT2D eigenvalue weighted by atomic mass is 9.87. The minimum Gasteiger partial charge on any atom is -0.414 e. The van der Waals surface area contributed by atoms with Gasteiger partial charge in [-0.15, -0.1) is 0 Å². The maximum Gasteiger partial charge on any atom is 0.192 e. The van der Waals surface area contributed by atoms with Gasteiger partial charge in [0.2, 0.25) is 0 Å². The lowest BCUT2D eigenvalue weighted by Crippen LogP contribution is -2.49. The van der Waals surface area contributed by atoms with Crippen molar-refractivity contribution >= 4 is 18.0 Å². The number of aliphatic hydroxyl groups is 1. The highest BCUT2D eigenvalue weighted by Gasteiger charge is 2.60. The van der Waals surface area contributed by atoms with Crippen molar-refractivity contribution in [2.75, 3.05) is 26.0 Å². The van der Waals surface area contributed by atoms with E-state index in [1.165, 1.54) is 0 Å². The van der Waals surface area contributed by atoms with Gasteiger partial charge in [-0.05, 0) is 48.5 Å². The number of rotatable bonds is 6. The van der Waals surface area contributed by atoms with Crippen molar-refractivity contribution in [3.8, 4) is 0 Å². The monoisotopic (exact) mass is 537 g/mol. The van der Waals surface area contributed by atoms with Crippen molar-refractivity contribution in [3.63, 3.8) is 0 Å². The molecule has 1 aliphatic heterocycles. The Kier molecular flexibility index (Phi) is 7.66. The van der Waals surface area contributed by atoms with E-state index >= 15 is 0 Å². The molecule has 0 aromatic heterocycles. The van der Waals surface area contributed by atoms with Crippen LogP contribution in [0.25, 0.3) is 0 Å². The average Bonchev–Trinajstić information content (AvgIpc) is 3.29. The van der Waals surface area contributed by atoms with Crippen molar-refractivity contribution in [3.05, 3.63) is 30.3 Å². The van der Waals surface area contributed by atoms with Crippen LogP contribution in [0.5, 0.6) is 0 Å². The fourth-order valence-electron chi connectivity index (χ4n) is 6.04. The van der Waals surface area contributed by atoms with Crippen LogP contribution in [0, 0.1) is 23.2 Å². The van der Waals surface area contributed by atoms with E-state index in [1.54, 1.807) is 7.05 Å². The molecular formula is C28H47NO5SSi. The molecule has 3 fully saturated rings. The summed E-state index contributed by atoms with van der Waals surface area (Å²) in [5.41, 5.74) is 0.0136. The molecule has 4 rings (SSSR count). The average molecular weight is 538 g/mol. The summed E-state index contributed by atoms with van der Waals surface area (Å²) < 4.78 is 38.0. The standard InChI is InChI=1S/C28H47NO5SSi/c1-26(2,3)36(7,8)34-24-14-20-15-28(32-18-27(4,5)19-33-28)16-22(20)25(24)23(30)17-35(31,29-6)21-12-10-9-11-13-21/h9-13,20,22-25,30H,14-19H2,1-8H3/t20-,22+,23?,24-,25+,35?/m1/s1. The second-order valence-electron chi connectivity index (χ2n) is 13.6. The Bertz CT molecular complexity index is 1030. The van der Waals surface area contributed by atoms with E-state index in [-0.39, 0.29) is 34.1 Å². The first-order chi connectivity index (χ1) is 16.6. The number of ether oxygens (including phenoxy) is 2. The van der Waals surface area contributed by atoms with Gasteiger partial charge in [-0.3, -0.25) is 0 Å². The number of hydrogen-bond acceptors (Lipinski definition) is 6. The second-order valence-corrected chi connectivity index (χ2v) is 20.8. The Morgan fingerprint density at radius 3 is 2.33 bits per heavy atom. The molecule has 2 saturated carbocycles. The number of fused-ring (bicyclic) bond motifs is 1. The van der Waals surface area contributed by atoms with Gasteiger partial charge in [0.15, 0.2) is 14.1 Å². The van der Waals surface area contributed by atoms with Gasteiger partial charge >= 0.3 is 0 Å². The van der Waals surface area contributed by atoms with E-state index in [1.807, 2.05) is 30.3 Å². The van der Waals surface area contributed by atoms with Gasteiger partial charge in [0.25, 0.3) is 0 Å². The summed E-state index contributed by atoms with van der Waals surface area (Å²) in [7, 11) is -3.22. The molecule has 8 heteroatoms. The summed E-state index contributed by atoms with van der Waals surface area (Å²) >= 11 is 0. The highest BCUT2D eigenvalue weighted by molar-refractivity contribution is 7.93. The van der Waals surface area contributed by atoms with E-state index in [0.717, 1.165) is 19.3 Å². The van der Waals surface area contributed by atoms with Crippen molar-refractivity contribution in [1.29, 1.82) is 0 Å². The normalized spacial score (nSPS) is 32.1. The maximum absolute atomic E-state index is 13.9. The van der Waals surface area contributed by atoms with Gasteiger partial charge in [0.1, 0.15) is 0 Å². The van der Waals surface area contributed by atoms with Crippen LogP contribution >= 0.6 is 0 Å². The minimum absolute atomic E-state index is 0.0136. The van der Waals surface area contributed by atoms with Gasteiger partial charge in [-0.25, -0.2) is 8.57 Å². The molecule has 1 spiro atoms. The third-order valence-corrected chi connectivity index (χ3v) is 16.0. The van der Waals surface area contributed by atoms with E-state index < -0.39 is 29.9 Å². The minimum atomic E-state index is -2.75. The van der Waals surface area contributed by atoms with Crippen LogP contribution in [0.1, 0.15) is 53.9 Å². The maximum atomic E-state index is 13.9. The molecule has 2 aliphatic carbocycles. The van der Waals surface area contributed by atoms with Gasteiger partial charge in [-0.1, -0.05) is 52.8 Å². The highest BCUT2D eigenvalue weighted by Crippen LogP contribution is 2.57. The van der Waals surface area contributed by atoms with Gasteiger partial charge < -0.3 is 19.0 Å². The first kappa shape index (κ1) is 28.2. The first-order valence-corrected chi connectivity index (χ1v) is 18.0. The fourth-order valence-corrected chi connectivity index (χ4v) is 9.22. The Morgan fingerprint density at radius 2 is 1.78 bits per heavy atom. The summed E-state index contributed by atoms with van der Waals surface area (Å²) in [5.74, 6) is -0.0301. The van der Waals surface area contributed by atoms with Gasteiger partial charge in [0.05, 0.1) is 40.9 Å². The lowest BCUT2D eigenvalue weighted by Gasteiger charge is -2.44. The predicted octanol–water partition coefficient (Wildman–Crippen LogP) is 5.71. The summed E-state index contributed by atoms with van der Waals surface area (Å²) in [5, 5.41) is 11.8. The number of benzene rings is 1. The molecule has 6 atom stereocenters. The Balaban J connectivity index is 1.61. The van der Waals surface area contributed by atoms with Crippen LogP contribution in [0.2, 0.25) is 18.1 Å². The quantitative estimate of drug-likeness (QED) is 0.470. The van der Waals surface area contributed by atoms with Crippen molar-refractivity contribution in [2.24, 2.45) is 27.5 Å². The van der Waals surface area contributed by atoms with Gasteiger partial charge in [0, 0.05) is 36.1 Å². The largest absolute Gasteiger partial charge is 0.414 e.